The van der Waals surface area contributed by atoms with Crippen LogP contribution in [0.2, 0.25) is 0 Å². The summed E-state index contributed by atoms with van der Waals surface area (Å²) in [6, 6.07) is 16.0. The van der Waals surface area contributed by atoms with E-state index in [2.05, 4.69) is 23.5 Å². The molecule has 6 nitrogen and oxygen atoms in total. The molecule has 0 aliphatic carbocycles. The van der Waals surface area contributed by atoms with E-state index in [0.29, 0.717) is 19.0 Å². The number of likely N-dealkylation sites (tertiary alicyclic amines) is 2. The van der Waals surface area contributed by atoms with Gasteiger partial charge >= 0.3 is 6.03 Å². The van der Waals surface area contributed by atoms with Crippen molar-refractivity contribution in [1.82, 2.24) is 14.8 Å². The molecule has 1 atom stereocenters. The number of thiazole rings is 1. The molecule has 0 spiro atoms. The van der Waals surface area contributed by atoms with Crippen molar-refractivity contribution < 1.29 is 9.59 Å². The third-order valence-corrected chi connectivity index (χ3v) is 7.99. The first-order chi connectivity index (χ1) is 16.1. The minimum Gasteiger partial charge on any atom is -0.342 e. The molecule has 2 saturated heterocycles. The summed E-state index contributed by atoms with van der Waals surface area (Å²) < 4.78 is 1.23. The fourth-order valence-electron chi connectivity index (χ4n) is 4.96. The van der Waals surface area contributed by atoms with Crippen molar-refractivity contribution >= 4 is 39.2 Å². The van der Waals surface area contributed by atoms with Crippen molar-refractivity contribution in [3.63, 3.8) is 0 Å². The number of nitrogens with one attached hydrogen (secondary N) is 1. The van der Waals surface area contributed by atoms with Gasteiger partial charge in [-0.2, -0.15) is 0 Å². The van der Waals surface area contributed by atoms with Crippen LogP contribution in [-0.2, 0) is 4.79 Å². The summed E-state index contributed by atoms with van der Waals surface area (Å²) in [4.78, 5) is 34.7. The van der Waals surface area contributed by atoms with Crippen molar-refractivity contribution in [3.05, 3.63) is 59.1 Å². The van der Waals surface area contributed by atoms with E-state index in [4.69, 9.17) is 4.98 Å². The van der Waals surface area contributed by atoms with E-state index in [1.54, 1.807) is 16.2 Å². The van der Waals surface area contributed by atoms with Gasteiger partial charge in [0, 0.05) is 37.8 Å². The highest BCUT2D eigenvalue weighted by molar-refractivity contribution is 7.18. The lowest BCUT2D eigenvalue weighted by molar-refractivity contribution is -0.138. The number of anilines is 1. The molecule has 1 aromatic heterocycles. The third-order valence-electron chi connectivity index (χ3n) is 6.79. The summed E-state index contributed by atoms with van der Waals surface area (Å²) in [5.41, 5.74) is 2.97. The Morgan fingerprint density at radius 2 is 1.82 bits per heavy atom. The number of para-hydroxylation sites is 1. The first kappa shape index (κ1) is 21.9. The van der Waals surface area contributed by atoms with Gasteiger partial charge in [-0.15, -0.1) is 11.3 Å². The Labute approximate surface area is 198 Å². The minimum absolute atomic E-state index is 0.110. The van der Waals surface area contributed by atoms with Gasteiger partial charge in [0.2, 0.25) is 5.91 Å². The largest absolute Gasteiger partial charge is 0.342 e. The molecule has 0 bridgehead atoms. The van der Waals surface area contributed by atoms with Crippen LogP contribution in [0.5, 0.6) is 0 Å². The number of rotatable bonds is 3. The Morgan fingerprint density at radius 1 is 1.00 bits per heavy atom. The standard InChI is InChI=1S/C26H30N4O2S/c1-18-6-4-8-21(16-18)27-26(32)30-13-5-7-20(17-30)25(31)29-14-11-19(12-15-29)24-28-22-9-2-3-10-23(22)33-24/h2-4,6,8-10,16,19-20H,5,7,11-15,17H2,1H3,(H,27,32). The zero-order valence-electron chi connectivity index (χ0n) is 19.0. The van der Waals surface area contributed by atoms with E-state index in [-0.39, 0.29) is 17.9 Å². The zero-order chi connectivity index (χ0) is 22.8. The predicted octanol–water partition coefficient (Wildman–Crippen LogP) is 5.25. The first-order valence-corrected chi connectivity index (χ1v) is 12.7. The Balaban J connectivity index is 1.16. The molecule has 2 aromatic carbocycles. The van der Waals surface area contributed by atoms with Crippen LogP contribution in [0.3, 0.4) is 0 Å². The summed E-state index contributed by atoms with van der Waals surface area (Å²) in [6.07, 6.45) is 3.62. The summed E-state index contributed by atoms with van der Waals surface area (Å²) in [6.45, 7) is 4.73. The summed E-state index contributed by atoms with van der Waals surface area (Å²) >= 11 is 1.78. The molecule has 0 radical (unpaired) electrons. The number of carbonyl (C=O) groups excluding carboxylic acids is 2. The number of aryl methyl sites for hydroxylation is 1. The highest BCUT2D eigenvalue weighted by Crippen LogP contribution is 2.34. The predicted molar refractivity (Wildman–Crippen MR) is 133 cm³/mol. The van der Waals surface area contributed by atoms with E-state index in [1.165, 1.54) is 9.71 Å². The normalized spacial score (nSPS) is 19.6. The number of nitrogens with zero attached hydrogens (tertiary/aromatic N) is 3. The maximum Gasteiger partial charge on any atom is 0.321 e. The SMILES string of the molecule is Cc1cccc(NC(=O)N2CCCC(C(=O)N3CCC(c4nc5ccccc5s4)CC3)C2)c1. The van der Waals surface area contributed by atoms with Crippen LogP contribution in [-0.4, -0.2) is 52.9 Å². The van der Waals surface area contributed by atoms with Crippen LogP contribution in [0.15, 0.2) is 48.5 Å². The summed E-state index contributed by atoms with van der Waals surface area (Å²) in [5.74, 6) is 0.515. The van der Waals surface area contributed by atoms with Crippen LogP contribution in [0.1, 0.15) is 42.2 Å². The van der Waals surface area contributed by atoms with E-state index in [1.807, 2.05) is 42.2 Å². The molecule has 33 heavy (non-hydrogen) atoms. The fourth-order valence-corrected chi connectivity index (χ4v) is 6.09. The lowest BCUT2D eigenvalue weighted by Gasteiger charge is -2.37. The molecule has 2 aliphatic heterocycles. The number of hydrogen-bond donors (Lipinski definition) is 1. The number of carbonyl (C=O) groups is 2. The summed E-state index contributed by atoms with van der Waals surface area (Å²) in [5, 5.41) is 4.18. The van der Waals surface area contributed by atoms with Crippen LogP contribution in [0.4, 0.5) is 10.5 Å². The molecule has 3 amide bonds. The van der Waals surface area contributed by atoms with Crippen LogP contribution < -0.4 is 5.32 Å². The number of amides is 3. The minimum atomic E-state index is -0.118. The van der Waals surface area contributed by atoms with Gasteiger partial charge < -0.3 is 15.1 Å². The van der Waals surface area contributed by atoms with Crippen molar-refractivity contribution in [2.24, 2.45) is 5.92 Å². The number of urea groups is 1. The number of benzene rings is 2. The highest BCUT2D eigenvalue weighted by atomic mass is 32.1. The molecule has 3 aromatic rings. The molecule has 7 heteroatoms. The second-order valence-corrected chi connectivity index (χ2v) is 10.3. The smallest absolute Gasteiger partial charge is 0.321 e. The van der Waals surface area contributed by atoms with E-state index in [0.717, 1.165) is 55.5 Å². The molecule has 172 valence electrons. The molecule has 5 rings (SSSR count). The maximum atomic E-state index is 13.3. The van der Waals surface area contributed by atoms with Crippen molar-refractivity contribution in [2.75, 3.05) is 31.5 Å². The van der Waals surface area contributed by atoms with E-state index < -0.39 is 0 Å². The Kier molecular flexibility index (Phi) is 6.31. The monoisotopic (exact) mass is 462 g/mol. The van der Waals surface area contributed by atoms with Gasteiger partial charge in [-0.3, -0.25) is 4.79 Å². The topological polar surface area (TPSA) is 65.5 Å². The average molecular weight is 463 g/mol. The first-order valence-electron chi connectivity index (χ1n) is 11.8. The van der Waals surface area contributed by atoms with Crippen molar-refractivity contribution in [3.8, 4) is 0 Å². The van der Waals surface area contributed by atoms with Crippen LogP contribution in [0, 0.1) is 12.8 Å². The zero-order valence-corrected chi connectivity index (χ0v) is 19.8. The molecular formula is C26H30N4O2S. The highest BCUT2D eigenvalue weighted by Gasteiger charge is 2.33. The third kappa shape index (κ3) is 4.88. The second kappa shape index (κ2) is 9.51. The van der Waals surface area contributed by atoms with Crippen molar-refractivity contribution in [1.29, 1.82) is 0 Å². The Morgan fingerprint density at radius 3 is 2.61 bits per heavy atom. The second-order valence-electron chi connectivity index (χ2n) is 9.20. The van der Waals surface area contributed by atoms with Gasteiger partial charge in [-0.1, -0.05) is 24.3 Å². The van der Waals surface area contributed by atoms with Gasteiger partial charge in [0.25, 0.3) is 0 Å². The van der Waals surface area contributed by atoms with Gasteiger partial charge in [0.05, 0.1) is 21.1 Å². The van der Waals surface area contributed by atoms with Gasteiger partial charge in [0.15, 0.2) is 0 Å². The molecule has 2 fully saturated rings. The quantitative estimate of drug-likeness (QED) is 0.578. The number of piperidine rings is 2. The van der Waals surface area contributed by atoms with E-state index >= 15 is 0 Å². The van der Waals surface area contributed by atoms with Gasteiger partial charge in [-0.05, 0) is 62.4 Å². The van der Waals surface area contributed by atoms with Gasteiger partial charge in [0.1, 0.15) is 0 Å². The number of hydrogen-bond acceptors (Lipinski definition) is 4. The molecule has 1 unspecified atom stereocenters. The fraction of sp³-hybridized carbons (Fsp3) is 0.423. The summed E-state index contributed by atoms with van der Waals surface area (Å²) in [7, 11) is 0. The molecule has 0 saturated carbocycles. The molecule has 3 heterocycles. The maximum absolute atomic E-state index is 13.3. The van der Waals surface area contributed by atoms with E-state index in [9.17, 15) is 9.59 Å². The number of fused-ring (bicyclic) bond motifs is 1. The molecule has 1 N–H and O–H groups in total. The lowest BCUT2D eigenvalue weighted by atomic mass is 9.93. The van der Waals surface area contributed by atoms with Crippen molar-refractivity contribution in [2.45, 2.75) is 38.5 Å². The Hall–Kier alpha value is -2.93. The van der Waals surface area contributed by atoms with Gasteiger partial charge in [-0.25, -0.2) is 9.78 Å². The number of aromatic nitrogens is 1. The lowest BCUT2D eigenvalue weighted by Crippen LogP contribution is -2.49. The average Bonchev–Trinajstić information content (AvgIpc) is 3.28. The Bertz CT molecular complexity index is 1120. The van der Waals surface area contributed by atoms with Crippen LogP contribution in [0.25, 0.3) is 10.2 Å². The van der Waals surface area contributed by atoms with Crippen LogP contribution >= 0.6 is 11.3 Å². The molecule has 2 aliphatic rings. The molecular weight excluding hydrogens is 432 g/mol.